The number of hydrogen-bond acceptors (Lipinski definition) is 4. The van der Waals surface area contributed by atoms with Gasteiger partial charge in [-0.2, -0.15) is 0 Å². The van der Waals surface area contributed by atoms with E-state index in [9.17, 15) is 0 Å². The predicted molar refractivity (Wildman–Crippen MR) is 78.0 cm³/mol. The second-order valence-corrected chi connectivity index (χ2v) is 4.94. The molecule has 106 valence electrons. The van der Waals surface area contributed by atoms with Crippen molar-refractivity contribution < 1.29 is 9.47 Å². The van der Waals surface area contributed by atoms with Gasteiger partial charge in [-0.05, 0) is 45.2 Å². The van der Waals surface area contributed by atoms with Crippen LogP contribution in [0.5, 0.6) is 11.5 Å². The van der Waals surface area contributed by atoms with Crippen molar-refractivity contribution in [1.29, 1.82) is 0 Å². The minimum Gasteiger partial charge on any atom is -0.494 e. The van der Waals surface area contributed by atoms with Gasteiger partial charge in [0.2, 0.25) is 0 Å². The molecular formula is C15H24N2O2. The molecular weight excluding hydrogens is 240 g/mol. The fourth-order valence-corrected chi connectivity index (χ4v) is 2.53. The Morgan fingerprint density at radius 1 is 1.21 bits per heavy atom. The first-order valence-corrected chi connectivity index (χ1v) is 7.14. The summed E-state index contributed by atoms with van der Waals surface area (Å²) in [6, 6.07) is 6.68. The van der Waals surface area contributed by atoms with E-state index in [4.69, 9.17) is 15.2 Å². The van der Waals surface area contributed by atoms with E-state index in [-0.39, 0.29) is 0 Å². The molecule has 4 heteroatoms. The van der Waals surface area contributed by atoms with Crippen molar-refractivity contribution in [3.8, 4) is 11.5 Å². The average Bonchev–Trinajstić information content (AvgIpc) is 2.79. The summed E-state index contributed by atoms with van der Waals surface area (Å²) in [4.78, 5) is 0. The average molecular weight is 264 g/mol. The Morgan fingerprint density at radius 3 is 2.63 bits per heavy atom. The summed E-state index contributed by atoms with van der Waals surface area (Å²) in [5, 5.41) is 3.54. The van der Waals surface area contributed by atoms with Gasteiger partial charge in [-0.1, -0.05) is 0 Å². The van der Waals surface area contributed by atoms with E-state index in [1.807, 2.05) is 32.0 Å². The van der Waals surface area contributed by atoms with E-state index >= 15 is 0 Å². The monoisotopic (exact) mass is 264 g/mol. The SMILES string of the molecule is CCOc1ccc(OCC)c(NC2CCC(N)C2)c1. The molecule has 0 saturated heterocycles. The number of ether oxygens (including phenoxy) is 2. The van der Waals surface area contributed by atoms with Gasteiger partial charge in [0.1, 0.15) is 11.5 Å². The molecule has 2 rings (SSSR count). The Labute approximate surface area is 115 Å². The first-order valence-electron chi connectivity index (χ1n) is 7.14. The molecule has 1 aliphatic rings. The maximum absolute atomic E-state index is 5.96. The molecule has 0 bridgehead atoms. The summed E-state index contributed by atoms with van der Waals surface area (Å²) >= 11 is 0. The lowest BCUT2D eigenvalue weighted by Gasteiger charge is -2.18. The largest absolute Gasteiger partial charge is 0.494 e. The molecule has 19 heavy (non-hydrogen) atoms. The summed E-state index contributed by atoms with van der Waals surface area (Å²) in [6.45, 7) is 5.31. The van der Waals surface area contributed by atoms with Crippen LogP contribution in [0.2, 0.25) is 0 Å². The number of hydrogen-bond donors (Lipinski definition) is 2. The zero-order chi connectivity index (χ0) is 13.7. The summed E-state index contributed by atoms with van der Waals surface area (Å²) in [6.07, 6.45) is 3.23. The van der Waals surface area contributed by atoms with E-state index in [0.29, 0.717) is 25.3 Å². The highest BCUT2D eigenvalue weighted by Crippen LogP contribution is 2.32. The molecule has 3 N–H and O–H groups in total. The Kier molecular flexibility index (Phi) is 4.91. The van der Waals surface area contributed by atoms with E-state index in [1.165, 1.54) is 0 Å². The third kappa shape index (κ3) is 3.77. The maximum Gasteiger partial charge on any atom is 0.142 e. The topological polar surface area (TPSA) is 56.5 Å². The van der Waals surface area contributed by atoms with Gasteiger partial charge >= 0.3 is 0 Å². The second kappa shape index (κ2) is 6.66. The minimum atomic E-state index is 0.322. The van der Waals surface area contributed by atoms with Gasteiger partial charge < -0.3 is 20.5 Å². The third-order valence-corrected chi connectivity index (χ3v) is 3.39. The Morgan fingerprint density at radius 2 is 2.00 bits per heavy atom. The Balaban J connectivity index is 2.12. The van der Waals surface area contributed by atoms with Crippen LogP contribution in [0.1, 0.15) is 33.1 Å². The lowest BCUT2D eigenvalue weighted by atomic mass is 10.2. The van der Waals surface area contributed by atoms with E-state index < -0.39 is 0 Å². The molecule has 0 radical (unpaired) electrons. The van der Waals surface area contributed by atoms with E-state index in [1.54, 1.807) is 0 Å². The van der Waals surface area contributed by atoms with Crippen molar-refractivity contribution in [3.63, 3.8) is 0 Å². The van der Waals surface area contributed by atoms with Gasteiger partial charge in [-0.3, -0.25) is 0 Å². The van der Waals surface area contributed by atoms with Crippen molar-refractivity contribution >= 4 is 5.69 Å². The van der Waals surface area contributed by atoms with Crippen LogP contribution in [-0.2, 0) is 0 Å². The first kappa shape index (κ1) is 14.0. The standard InChI is InChI=1S/C15H24N2O2/c1-3-18-13-7-8-15(19-4-2)14(10-13)17-12-6-5-11(16)9-12/h7-8,10-12,17H,3-6,9,16H2,1-2H3. The second-order valence-electron chi connectivity index (χ2n) is 4.94. The molecule has 2 atom stereocenters. The number of nitrogens with two attached hydrogens (primary N) is 1. The van der Waals surface area contributed by atoms with Gasteiger partial charge in [0.05, 0.1) is 18.9 Å². The zero-order valence-electron chi connectivity index (χ0n) is 11.8. The van der Waals surface area contributed by atoms with E-state index in [2.05, 4.69) is 5.32 Å². The summed E-state index contributed by atoms with van der Waals surface area (Å²) in [7, 11) is 0. The number of anilines is 1. The van der Waals surface area contributed by atoms with Crippen LogP contribution >= 0.6 is 0 Å². The van der Waals surface area contributed by atoms with Crippen molar-refractivity contribution in [2.45, 2.75) is 45.2 Å². The smallest absolute Gasteiger partial charge is 0.142 e. The lowest BCUT2D eigenvalue weighted by molar-refractivity contribution is 0.331. The van der Waals surface area contributed by atoms with Crippen molar-refractivity contribution in [1.82, 2.24) is 0 Å². The molecule has 0 amide bonds. The highest BCUT2D eigenvalue weighted by Gasteiger charge is 2.22. The molecule has 1 aliphatic carbocycles. The van der Waals surface area contributed by atoms with Gasteiger partial charge in [0, 0.05) is 18.2 Å². The van der Waals surface area contributed by atoms with Gasteiger partial charge in [0.15, 0.2) is 0 Å². The molecule has 0 heterocycles. The van der Waals surface area contributed by atoms with Crippen LogP contribution in [0, 0.1) is 0 Å². The highest BCUT2D eigenvalue weighted by molar-refractivity contribution is 5.60. The maximum atomic E-state index is 5.96. The zero-order valence-corrected chi connectivity index (χ0v) is 11.8. The van der Waals surface area contributed by atoms with Crippen LogP contribution in [0.25, 0.3) is 0 Å². The minimum absolute atomic E-state index is 0.322. The first-order chi connectivity index (χ1) is 9.22. The van der Waals surface area contributed by atoms with Crippen molar-refractivity contribution in [3.05, 3.63) is 18.2 Å². The van der Waals surface area contributed by atoms with Gasteiger partial charge in [0.25, 0.3) is 0 Å². The molecule has 0 aliphatic heterocycles. The van der Waals surface area contributed by atoms with Crippen LogP contribution in [0.15, 0.2) is 18.2 Å². The predicted octanol–water partition coefficient (Wildman–Crippen LogP) is 2.78. The van der Waals surface area contributed by atoms with Gasteiger partial charge in [-0.25, -0.2) is 0 Å². The molecule has 0 spiro atoms. The normalized spacial score (nSPS) is 22.3. The molecule has 1 aromatic rings. The summed E-state index contributed by atoms with van der Waals surface area (Å²) in [5.41, 5.74) is 6.96. The fourth-order valence-electron chi connectivity index (χ4n) is 2.53. The number of rotatable bonds is 6. The van der Waals surface area contributed by atoms with Crippen molar-refractivity contribution in [2.24, 2.45) is 5.73 Å². The lowest BCUT2D eigenvalue weighted by Crippen LogP contribution is -2.21. The number of benzene rings is 1. The molecule has 0 aromatic heterocycles. The quantitative estimate of drug-likeness (QED) is 0.829. The van der Waals surface area contributed by atoms with Crippen LogP contribution in [0.3, 0.4) is 0 Å². The van der Waals surface area contributed by atoms with Crippen LogP contribution < -0.4 is 20.5 Å². The summed E-state index contributed by atoms with van der Waals surface area (Å²) in [5.74, 6) is 1.75. The highest BCUT2D eigenvalue weighted by atomic mass is 16.5. The van der Waals surface area contributed by atoms with Crippen LogP contribution in [0.4, 0.5) is 5.69 Å². The Hall–Kier alpha value is -1.42. The molecule has 2 unspecified atom stereocenters. The van der Waals surface area contributed by atoms with Gasteiger partial charge in [-0.15, -0.1) is 0 Å². The summed E-state index contributed by atoms with van der Waals surface area (Å²) < 4.78 is 11.2. The third-order valence-electron chi connectivity index (χ3n) is 3.39. The molecule has 1 aromatic carbocycles. The molecule has 1 fully saturated rings. The van der Waals surface area contributed by atoms with E-state index in [0.717, 1.165) is 36.4 Å². The van der Waals surface area contributed by atoms with Crippen molar-refractivity contribution in [2.75, 3.05) is 18.5 Å². The molecule has 4 nitrogen and oxygen atoms in total. The Bertz CT molecular complexity index is 409. The number of nitrogens with one attached hydrogen (secondary N) is 1. The fraction of sp³-hybridized carbons (Fsp3) is 0.600. The van der Waals surface area contributed by atoms with Crippen LogP contribution in [-0.4, -0.2) is 25.3 Å². The molecule has 1 saturated carbocycles.